The van der Waals surface area contributed by atoms with Gasteiger partial charge in [0.1, 0.15) is 11.9 Å². The third kappa shape index (κ3) is 3.26. The summed E-state index contributed by atoms with van der Waals surface area (Å²) in [6.07, 6.45) is 0.822. The molecular weight excluding hydrogens is 337 g/mol. The van der Waals surface area contributed by atoms with Gasteiger partial charge in [-0.3, -0.25) is 14.7 Å². The zero-order chi connectivity index (χ0) is 18.1. The Bertz CT molecular complexity index is 907. The zero-order valence-electron chi connectivity index (χ0n) is 14.1. The number of aromatic nitrogens is 4. The van der Waals surface area contributed by atoms with Gasteiger partial charge in [0.15, 0.2) is 0 Å². The number of halogens is 1. The minimum Gasteiger partial charge on any atom is -0.393 e. The van der Waals surface area contributed by atoms with Crippen LogP contribution in [0.5, 0.6) is 0 Å². The van der Waals surface area contributed by atoms with Gasteiger partial charge in [-0.25, -0.2) is 4.39 Å². The maximum Gasteiger partial charge on any atom is 0.123 e. The molecule has 0 spiro atoms. The quantitative estimate of drug-likeness (QED) is 0.643. The fourth-order valence-electron chi connectivity index (χ4n) is 3.30. The number of rotatable bonds is 5. The van der Waals surface area contributed by atoms with Crippen LogP contribution in [-0.4, -0.2) is 48.2 Å². The van der Waals surface area contributed by atoms with E-state index in [0.717, 1.165) is 29.1 Å². The second-order valence-electron chi connectivity index (χ2n) is 6.47. The monoisotopic (exact) mass is 357 g/mol. The third-order valence-electron chi connectivity index (χ3n) is 4.64. The van der Waals surface area contributed by atoms with Crippen molar-refractivity contribution in [3.05, 3.63) is 59.3 Å². The molecule has 0 saturated carbocycles. The van der Waals surface area contributed by atoms with Gasteiger partial charge in [0.2, 0.25) is 0 Å². The lowest BCUT2D eigenvalue weighted by Gasteiger charge is -2.27. The molecule has 3 N–H and O–H groups in total. The molecule has 3 heterocycles. The van der Waals surface area contributed by atoms with Crippen molar-refractivity contribution in [3.63, 3.8) is 0 Å². The predicted molar refractivity (Wildman–Crippen MR) is 92.4 cm³/mol. The standard InChI is InChI=1S/C18H20FN5O2/c19-14-3-1-2-12(6-14)18-13(8-20-21-18)9-23-4-5-24-15(10-23)7-16(22-24)17(26)11-25/h1-3,6-8,17,25-26H,4-5,9-11H2,(H,20,21)/t17-/m1/s1. The lowest BCUT2D eigenvalue weighted by atomic mass is 10.1. The van der Waals surface area contributed by atoms with Gasteiger partial charge in [-0.05, 0) is 18.2 Å². The molecular formula is C18H20FN5O2. The highest BCUT2D eigenvalue weighted by Crippen LogP contribution is 2.25. The van der Waals surface area contributed by atoms with Crippen molar-refractivity contribution in [2.24, 2.45) is 0 Å². The highest BCUT2D eigenvalue weighted by atomic mass is 19.1. The minimum absolute atomic E-state index is 0.278. The number of hydrogen-bond donors (Lipinski definition) is 3. The van der Waals surface area contributed by atoms with Gasteiger partial charge >= 0.3 is 0 Å². The largest absolute Gasteiger partial charge is 0.393 e. The van der Waals surface area contributed by atoms with Crippen molar-refractivity contribution in [2.45, 2.75) is 25.7 Å². The van der Waals surface area contributed by atoms with Gasteiger partial charge in [0, 0.05) is 30.8 Å². The first-order valence-corrected chi connectivity index (χ1v) is 8.50. The molecule has 0 bridgehead atoms. The van der Waals surface area contributed by atoms with Crippen molar-refractivity contribution in [2.75, 3.05) is 13.2 Å². The Morgan fingerprint density at radius 2 is 2.15 bits per heavy atom. The Balaban J connectivity index is 1.51. The molecule has 8 heteroatoms. The summed E-state index contributed by atoms with van der Waals surface area (Å²) in [7, 11) is 0. The average Bonchev–Trinajstić information content (AvgIpc) is 3.27. The van der Waals surface area contributed by atoms with Gasteiger partial charge in [0.05, 0.1) is 36.4 Å². The third-order valence-corrected chi connectivity index (χ3v) is 4.64. The maximum absolute atomic E-state index is 13.5. The van der Waals surface area contributed by atoms with Crippen LogP contribution in [0.3, 0.4) is 0 Å². The number of nitrogens with zero attached hydrogens (tertiary/aromatic N) is 4. The van der Waals surface area contributed by atoms with E-state index >= 15 is 0 Å². The number of aromatic amines is 1. The first kappa shape index (κ1) is 16.9. The molecule has 26 heavy (non-hydrogen) atoms. The van der Waals surface area contributed by atoms with E-state index < -0.39 is 6.10 Å². The van der Waals surface area contributed by atoms with Crippen molar-refractivity contribution >= 4 is 0 Å². The summed E-state index contributed by atoms with van der Waals surface area (Å²) in [5, 5.41) is 30.3. The minimum atomic E-state index is -0.949. The molecule has 2 aromatic heterocycles. The van der Waals surface area contributed by atoms with Crippen LogP contribution >= 0.6 is 0 Å². The predicted octanol–water partition coefficient (Wildman–Crippen LogP) is 1.45. The highest BCUT2D eigenvalue weighted by Gasteiger charge is 2.22. The number of benzene rings is 1. The molecule has 0 aliphatic carbocycles. The molecule has 136 valence electrons. The van der Waals surface area contributed by atoms with E-state index in [1.165, 1.54) is 12.1 Å². The van der Waals surface area contributed by atoms with Crippen molar-refractivity contribution in [1.82, 2.24) is 24.9 Å². The molecule has 0 fully saturated rings. The van der Waals surface area contributed by atoms with E-state index in [9.17, 15) is 9.50 Å². The lowest BCUT2D eigenvalue weighted by Crippen LogP contribution is -2.33. The summed E-state index contributed by atoms with van der Waals surface area (Å²) in [5.41, 5.74) is 4.08. The SMILES string of the molecule is OC[C@@H](O)c1cc2n(n1)CCN(Cc1cn[nH]c1-c1cccc(F)c1)C2. The fraction of sp³-hybridized carbons (Fsp3) is 0.333. The van der Waals surface area contributed by atoms with Crippen LogP contribution in [0, 0.1) is 5.82 Å². The molecule has 0 amide bonds. The first-order valence-electron chi connectivity index (χ1n) is 8.50. The molecule has 1 aromatic carbocycles. The molecule has 4 rings (SSSR count). The Morgan fingerprint density at radius 1 is 1.27 bits per heavy atom. The summed E-state index contributed by atoms with van der Waals surface area (Å²) >= 11 is 0. The van der Waals surface area contributed by atoms with E-state index in [-0.39, 0.29) is 12.4 Å². The number of H-pyrrole nitrogens is 1. The topological polar surface area (TPSA) is 90.2 Å². The summed E-state index contributed by atoms with van der Waals surface area (Å²) in [6, 6.07) is 8.28. The number of aliphatic hydroxyl groups is 2. The summed E-state index contributed by atoms with van der Waals surface area (Å²) in [4.78, 5) is 2.25. The number of fused-ring (bicyclic) bond motifs is 1. The number of aliphatic hydroxyl groups excluding tert-OH is 2. The molecule has 7 nitrogen and oxygen atoms in total. The van der Waals surface area contributed by atoms with Gasteiger partial charge in [-0.15, -0.1) is 0 Å². The van der Waals surface area contributed by atoms with Gasteiger partial charge in [0.25, 0.3) is 0 Å². The van der Waals surface area contributed by atoms with Crippen molar-refractivity contribution < 1.29 is 14.6 Å². The Kier molecular flexibility index (Phi) is 4.54. The molecule has 0 radical (unpaired) electrons. The Morgan fingerprint density at radius 3 is 2.96 bits per heavy atom. The van der Waals surface area contributed by atoms with E-state index in [4.69, 9.17) is 5.11 Å². The summed E-state index contributed by atoms with van der Waals surface area (Å²) in [5.74, 6) is -0.278. The second kappa shape index (κ2) is 6.99. The smallest absolute Gasteiger partial charge is 0.123 e. The van der Waals surface area contributed by atoms with Crippen LogP contribution in [0.25, 0.3) is 11.3 Å². The maximum atomic E-state index is 13.5. The van der Waals surface area contributed by atoms with E-state index in [0.29, 0.717) is 25.3 Å². The zero-order valence-corrected chi connectivity index (χ0v) is 14.1. The van der Waals surface area contributed by atoms with Crippen molar-refractivity contribution in [1.29, 1.82) is 0 Å². The van der Waals surface area contributed by atoms with Crippen LogP contribution in [0.4, 0.5) is 4.39 Å². The van der Waals surface area contributed by atoms with Gasteiger partial charge in [-0.1, -0.05) is 12.1 Å². The number of nitrogens with one attached hydrogen (secondary N) is 1. The molecule has 1 atom stereocenters. The van der Waals surface area contributed by atoms with E-state index in [1.54, 1.807) is 12.3 Å². The van der Waals surface area contributed by atoms with E-state index in [2.05, 4.69) is 20.2 Å². The van der Waals surface area contributed by atoms with Crippen LogP contribution in [0.2, 0.25) is 0 Å². The average molecular weight is 357 g/mol. The molecule has 3 aromatic rings. The lowest BCUT2D eigenvalue weighted by molar-refractivity contribution is 0.0915. The summed E-state index contributed by atoms with van der Waals surface area (Å²) < 4.78 is 15.4. The van der Waals surface area contributed by atoms with Crippen LogP contribution in [0.1, 0.15) is 23.1 Å². The Hall–Kier alpha value is -2.55. The van der Waals surface area contributed by atoms with Gasteiger partial charge < -0.3 is 10.2 Å². The van der Waals surface area contributed by atoms with E-state index in [1.807, 2.05) is 16.8 Å². The first-order chi connectivity index (χ1) is 12.6. The summed E-state index contributed by atoms with van der Waals surface area (Å²) in [6.45, 7) is 2.52. The number of hydrogen-bond acceptors (Lipinski definition) is 5. The Labute approximate surface area is 149 Å². The van der Waals surface area contributed by atoms with Crippen LogP contribution in [-0.2, 0) is 19.6 Å². The highest BCUT2D eigenvalue weighted by molar-refractivity contribution is 5.62. The molecule has 0 saturated heterocycles. The molecule has 1 aliphatic rings. The van der Waals surface area contributed by atoms with Crippen molar-refractivity contribution in [3.8, 4) is 11.3 Å². The molecule has 1 aliphatic heterocycles. The second-order valence-corrected chi connectivity index (χ2v) is 6.47. The van der Waals surface area contributed by atoms with Crippen LogP contribution in [0.15, 0.2) is 36.5 Å². The van der Waals surface area contributed by atoms with Crippen LogP contribution < -0.4 is 0 Å². The fourth-order valence-corrected chi connectivity index (χ4v) is 3.30. The van der Waals surface area contributed by atoms with Gasteiger partial charge in [-0.2, -0.15) is 10.2 Å². The molecule has 0 unspecified atom stereocenters. The normalized spacial score (nSPS) is 15.8.